The molecule has 1 atom stereocenters. The van der Waals surface area contributed by atoms with Gasteiger partial charge in [-0.1, -0.05) is 24.3 Å². The number of carbonyl (C=O) groups excluding carboxylic acids is 2. The molecule has 1 aliphatic carbocycles. The summed E-state index contributed by atoms with van der Waals surface area (Å²) in [4.78, 5) is 33.2. The van der Waals surface area contributed by atoms with Crippen molar-refractivity contribution >= 4 is 28.5 Å². The number of benzene rings is 1. The molecule has 2 aliphatic rings. The monoisotopic (exact) mass is 342 g/mol. The van der Waals surface area contributed by atoms with Crippen LogP contribution in [0, 0.1) is 0 Å². The Morgan fingerprint density at radius 1 is 1.29 bits per heavy atom. The number of hydrogen-bond donors (Lipinski definition) is 0. The lowest BCUT2D eigenvalue weighted by Crippen LogP contribution is -2.37. The fourth-order valence-electron chi connectivity index (χ4n) is 3.69. The summed E-state index contributed by atoms with van der Waals surface area (Å²) in [5.41, 5.74) is 1.53. The van der Waals surface area contributed by atoms with Gasteiger partial charge in [0.2, 0.25) is 16.9 Å². The summed E-state index contributed by atoms with van der Waals surface area (Å²) >= 11 is 1.27. The van der Waals surface area contributed by atoms with Crippen LogP contribution in [0.5, 0.6) is 0 Å². The van der Waals surface area contributed by atoms with E-state index in [2.05, 4.69) is 15.4 Å². The zero-order valence-corrected chi connectivity index (χ0v) is 14.5. The third-order valence-electron chi connectivity index (χ3n) is 4.90. The van der Waals surface area contributed by atoms with Crippen molar-refractivity contribution in [1.29, 1.82) is 0 Å². The Balaban J connectivity index is 1.63. The fourth-order valence-corrected chi connectivity index (χ4v) is 4.28. The maximum atomic E-state index is 13.1. The number of aryl methyl sites for hydroxylation is 1. The Morgan fingerprint density at radius 2 is 2.08 bits per heavy atom. The molecular weight excluding hydrogens is 324 g/mol. The molecule has 1 unspecified atom stereocenters. The predicted molar refractivity (Wildman–Crippen MR) is 90.9 cm³/mol. The Bertz CT molecular complexity index is 832. The van der Waals surface area contributed by atoms with Gasteiger partial charge in [-0.3, -0.25) is 14.5 Å². The molecule has 4 rings (SSSR count). The van der Waals surface area contributed by atoms with E-state index in [1.165, 1.54) is 22.0 Å². The van der Waals surface area contributed by atoms with Crippen molar-refractivity contribution in [2.45, 2.75) is 31.2 Å². The van der Waals surface area contributed by atoms with E-state index in [9.17, 15) is 9.59 Å². The van der Waals surface area contributed by atoms with Gasteiger partial charge in [-0.25, -0.2) is 4.98 Å². The number of nitrogens with zero attached hydrogens (tertiary/aromatic N) is 4. The lowest BCUT2D eigenvalue weighted by molar-refractivity contribution is -0.140. The lowest BCUT2D eigenvalue weighted by atomic mass is 9.80. The molecule has 7 heteroatoms. The number of hydrogen-bond acceptors (Lipinski definition) is 6. The van der Waals surface area contributed by atoms with Crippen LogP contribution in [-0.2, 0) is 28.0 Å². The van der Waals surface area contributed by atoms with E-state index in [1.807, 2.05) is 37.2 Å². The molecule has 6 nitrogen and oxygen atoms in total. The third-order valence-corrected chi connectivity index (χ3v) is 5.82. The number of likely N-dealkylation sites (tertiary alicyclic amines) is 1. The lowest BCUT2D eigenvalue weighted by Gasteiger charge is -2.22. The smallest absolute Gasteiger partial charge is 0.240 e. The maximum Gasteiger partial charge on any atom is 0.240 e. The van der Waals surface area contributed by atoms with Crippen molar-refractivity contribution < 1.29 is 9.59 Å². The van der Waals surface area contributed by atoms with E-state index >= 15 is 0 Å². The van der Waals surface area contributed by atoms with Crippen LogP contribution in [0.25, 0.3) is 0 Å². The zero-order chi connectivity index (χ0) is 16.9. The highest BCUT2D eigenvalue weighted by Gasteiger charge is 2.55. The van der Waals surface area contributed by atoms with Gasteiger partial charge in [-0.15, -0.1) is 0 Å². The van der Waals surface area contributed by atoms with Crippen molar-refractivity contribution in [3.63, 3.8) is 0 Å². The summed E-state index contributed by atoms with van der Waals surface area (Å²) < 4.78 is 4.27. The Morgan fingerprint density at radius 3 is 2.83 bits per heavy atom. The van der Waals surface area contributed by atoms with Gasteiger partial charge in [0.15, 0.2) is 5.82 Å². The fraction of sp³-hybridized carbons (Fsp3) is 0.412. The molecule has 0 N–H and O–H groups in total. The Hall–Kier alpha value is -2.28. The average molecular weight is 342 g/mol. The molecule has 1 aromatic carbocycles. The van der Waals surface area contributed by atoms with Crippen LogP contribution in [0.3, 0.4) is 0 Å². The summed E-state index contributed by atoms with van der Waals surface area (Å²) in [7, 11) is 3.78. The van der Waals surface area contributed by atoms with Gasteiger partial charge in [-0.2, -0.15) is 4.37 Å². The largest absolute Gasteiger partial charge is 0.353 e. The molecule has 24 heavy (non-hydrogen) atoms. The van der Waals surface area contributed by atoms with E-state index in [0.717, 1.165) is 17.1 Å². The average Bonchev–Trinajstić information content (AvgIpc) is 3.23. The van der Waals surface area contributed by atoms with Gasteiger partial charge >= 0.3 is 0 Å². The number of carbonyl (C=O) groups is 2. The molecule has 2 aromatic rings. The number of fused-ring (bicyclic) bond motifs is 2. The van der Waals surface area contributed by atoms with Gasteiger partial charge in [0, 0.05) is 32.0 Å². The SMILES string of the molecule is CN(C)c1nc(CN2C(=O)CC3(CCc4ccccc43)C2=O)ns1. The highest BCUT2D eigenvalue weighted by molar-refractivity contribution is 7.09. The second-order valence-electron chi connectivity index (χ2n) is 6.59. The first-order valence-electron chi connectivity index (χ1n) is 7.94. The van der Waals surface area contributed by atoms with Crippen LogP contribution < -0.4 is 4.90 Å². The van der Waals surface area contributed by atoms with Crippen molar-refractivity contribution in [2.24, 2.45) is 0 Å². The molecule has 0 saturated carbocycles. The van der Waals surface area contributed by atoms with Gasteiger partial charge in [0.05, 0.1) is 12.0 Å². The molecule has 124 valence electrons. The number of aromatic nitrogens is 2. The normalized spacial score (nSPS) is 22.5. The molecular formula is C17H18N4O2S. The topological polar surface area (TPSA) is 66.4 Å². The van der Waals surface area contributed by atoms with Crippen LogP contribution in [-0.4, -0.2) is 40.2 Å². The standard InChI is InChI=1S/C17H18N4O2S/c1-20(2)16-18-13(19-24-16)10-21-14(22)9-17(15(21)23)8-7-11-5-3-4-6-12(11)17/h3-6H,7-10H2,1-2H3. The quantitative estimate of drug-likeness (QED) is 0.795. The van der Waals surface area contributed by atoms with Crippen LogP contribution in [0.1, 0.15) is 29.8 Å². The van der Waals surface area contributed by atoms with Crippen molar-refractivity contribution in [1.82, 2.24) is 14.3 Å². The van der Waals surface area contributed by atoms with Crippen molar-refractivity contribution in [2.75, 3.05) is 19.0 Å². The van der Waals surface area contributed by atoms with Crippen LogP contribution in [0.2, 0.25) is 0 Å². The molecule has 0 radical (unpaired) electrons. The van der Waals surface area contributed by atoms with Crippen LogP contribution in [0.4, 0.5) is 5.13 Å². The first-order chi connectivity index (χ1) is 11.5. The summed E-state index contributed by atoms with van der Waals surface area (Å²) in [6, 6.07) is 7.97. The number of amides is 2. The van der Waals surface area contributed by atoms with Gasteiger partial charge in [0.1, 0.15) is 0 Å². The minimum absolute atomic E-state index is 0.0985. The molecule has 1 saturated heterocycles. The zero-order valence-electron chi connectivity index (χ0n) is 13.7. The first kappa shape index (κ1) is 15.3. The van der Waals surface area contributed by atoms with Gasteiger partial charge in [0.25, 0.3) is 0 Å². The summed E-state index contributed by atoms with van der Waals surface area (Å²) in [5.74, 6) is 0.297. The molecule has 0 bridgehead atoms. The number of imide groups is 1. The Labute approximate surface area is 144 Å². The molecule has 1 fully saturated rings. The minimum atomic E-state index is -0.673. The number of rotatable bonds is 3. The molecule has 2 amide bonds. The highest BCUT2D eigenvalue weighted by Crippen LogP contribution is 2.47. The van der Waals surface area contributed by atoms with E-state index in [4.69, 9.17) is 0 Å². The van der Waals surface area contributed by atoms with Crippen molar-refractivity contribution in [3.8, 4) is 0 Å². The van der Waals surface area contributed by atoms with E-state index in [1.54, 1.807) is 0 Å². The molecule has 2 heterocycles. The van der Waals surface area contributed by atoms with E-state index < -0.39 is 5.41 Å². The maximum absolute atomic E-state index is 13.1. The molecule has 1 aliphatic heterocycles. The van der Waals surface area contributed by atoms with E-state index in [-0.39, 0.29) is 24.8 Å². The van der Waals surface area contributed by atoms with Gasteiger partial charge < -0.3 is 4.90 Å². The first-order valence-corrected chi connectivity index (χ1v) is 8.72. The van der Waals surface area contributed by atoms with Crippen LogP contribution >= 0.6 is 11.5 Å². The molecule has 1 spiro atoms. The highest BCUT2D eigenvalue weighted by atomic mass is 32.1. The van der Waals surface area contributed by atoms with Crippen molar-refractivity contribution in [3.05, 3.63) is 41.2 Å². The predicted octanol–water partition coefficient (Wildman–Crippen LogP) is 1.75. The summed E-state index contributed by atoms with van der Waals surface area (Å²) in [6.45, 7) is 0.159. The number of anilines is 1. The van der Waals surface area contributed by atoms with Gasteiger partial charge in [-0.05, 0) is 24.0 Å². The minimum Gasteiger partial charge on any atom is -0.353 e. The third kappa shape index (κ3) is 2.15. The molecule has 1 aromatic heterocycles. The Kier molecular flexibility index (Phi) is 3.42. The van der Waals surface area contributed by atoms with E-state index in [0.29, 0.717) is 12.2 Å². The summed E-state index contributed by atoms with van der Waals surface area (Å²) in [5, 5.41) is 0.769. The second-order valence-corrected chi connectivity index (χ2v) is 7.32. The second kappa shape index (κ2) is 5.37. The van der Waals surface area contributed by atoms with Crippen LogP contribution in [0.15, 0.2) is 24.3 Å². The summed E-state index contributed by atoms with van der Waals surface area (Å²) in [6.07, 6.45) is 1.82.